The van der Waals surface area contributed by atoms with Crippen LogP contribution in [0.5, 0.6) is 0 Å². The van der Waals surface area contributed by atoms with Gasteiger partial charge in [-0.3, -0.25) is 5.43 Å². The smallest absolute Gasteiger partial charge is 0.350 e. The Hall–Kier alpha value is -1.96. The zero-order valence-electron chi connectivity index (χ0n) is 12.0. The number of hydrogen-bond donors (Lipinski definition) is 3. The van der Waals surface area contributed by atoms with Gasteiger partial charge in [0.2, 0.25) is 0 Å². The lowest BCUT2D eigenvalue weighted by Crippen LogP contribution is -2.47. The average Bonchev–Trinajstić information content (AvgIpc) is 3.27. The van der Waals surface area contributed by atoms with Crippen LogP contribution in [0.25, 0.3) is 0 Å². The number of hydrogen-bond acceptors (Lipinski definition) is 5. The maximum absolute atomic E-state index is 11.7. The van der Waals surface area contributed by atoms with E-state index in [1.807, 2.05) is 24.3 Å². The first-order chi connectivity index (χ1) is 10.7. The number of thioether (sulfide) groups is 1. The molecule has 1 aromatic heterocycles. The van der Waals surface area contributed by atoms with Crippen molar-refractivity contribution in [2.45, 2.75) is 29.4 Å². The van der Waals surface area contributed by atoms with Crippen LogP contribution in [0, 0.1) is 0 Å². The van der Waals surface area contributed by atoms with Gasteiger partial charge in [-0.05, 0) is 42.5 Å². The third-order valence-corrected chi connectivity index (χ3v) is 4.74. The lowest BCUT2D eigenvalue weighted by Gasteiger charge is -2.21. The second-order valence-corrected chi connectivity index (χ2v) is 6.14. The van der Waals surface area contributed by atoms with E-state index in [1.54, 1.807) is 18.0 Å². The molecule has 0 saturated heterocycles. The van der Waals surface area contributed by atoms with Crippen molar-refractivity contribution in [3.05, 3.63) is 47.9 Å². The number of nitrogens with zero attached hydrogens (tertiary/aromatic N) is 1. The number of rotatable bonds is 5. The molecule has 0 bridgehead atoms. The number of amides is 2. The average molecular weight is 318 g/mol. The first-order valence-electron chi connectivity index (χ1n) is 7.04. The van der Waals surface area contributed by atoms with Crippen molar-refractivity contribution in [3.63, 3.8) is 0 Å². The predicted octanol–water partition coefficient (Wildman–Crippen LogP) is 2.71. The van der Waals surface area contributed by atoms with Gasteiger partial charge in [-0.25, -0.2) is 21.5 Å². The van der Waals surface area contributed by atoms with Crippen LogP contribution in [-0.4, -0.2) is 6.03 Å². The van der Waals surface area contributed by atoms with Gasteiger partial charge in [0.1, 0.15) is 5.76 Å². The van der Waals surface area contributed by atoms with Gasteiger partial charge in [-0.2, -0.15) is 0 Å². The van der Waals surface area contributed by atoms with Gasteiger partial charge in [-0.15, -0.1) is 11.8 Å². The van der Waals surface area contributed by atoms with Gasteiger partial charge in [0, 0.05) is 4.90 Å². The van der Waals surface area contributed by atoms with Crippen molar-refractivity contribution in [2.24, 2.45) is 11.7 Å². The van der Waals surface area contributed by atoms with Crippen LogP contribution in [0.2, 0.25) is 0 Å². The molecule has 2 aromatic rings. The first kappa shape index (κ1) is 15.0. The highest BCUT2D eigenvalue weighted by atomic mass is 32.2. The first-order valence-corrected chi connectivity index (χ1v) is 8.02. The molecule has 22 heavy (non-hydrogen) atoms. The minimum Gasteiger partial charge on any atom is -0.468 e. The molecule has 1 fully saturated rings. The van der Waals surface area contributed by atoms with E-state index in [0.717, 1.165) is 15.7 Å². The molecule has 0 radical (unpaired) electrons. The number of carbonyl (C=O) groups is 1. The molecule has 0 aliphatic heterocycles. The molecule has 116 valence electrons. The number of nitrogens with two attached hydrogens (primary N) is 2. The summed E-state index contributed by atoms with van der Waals surface area (Å²) in [5.41, 5.74) is 3.95. The van der Waals surface area contributed by atoms with Crippen LogP contribution in [0.3, 0.4) is 0 Å². The van der Waals surface area contributed by atoms with E-state index in [9.17, 15) is 4.79 Å². The van der Waals surface area contributed by atoms with E-state index in [1.165, 1.54) is 18.4 Å². The van der Waals surface area contributed by atoms with Crippen molar-refractivity contribution < 1.29 is 9.21 Å². The molecule has 1 aliphatic rings. The highest BCUT2D eigenvalue weighted by Crippen LogP contribution is 2.47. The quantitative estimate of drug-likeness (QED) is 0.341. The van der Waals surface area contributed by atoms with E-state index >= 15 is 0 Å². The fourth-order valence-electron chi connectivity index (χ4n) is 2.32. The Morgan fingerprint density at radius 3 is 2.82 bits per heavy atom. The van der Waals surface area contributed by atoms with Gasteiger partial charge in [0.25, 0.3) is 0 Å². The Bertz CT molecular complexity index is 656. The Labute approximate surface area is 132 Å². The predicted molar refractivity (Wildman–Crippen MR) is 86.1 cm³/mol. The summed E-state index contributed by atoms with van der Waals surface area (Å²) < 4.78 is 5.38. The molecule has 1 saturated carbocycles. The van der Waals surface area contributed by atoms with Gasteiger partial charge >= 0.3 is 6.03 Å². The Morgan fingerprint density at radius 1 is 1.36 bits per heavy atom. The van der Waals surface area contributed by atoms with Gasteiger partial charge < -0.3 is 4.42 Å². The third kappa shape index (κ3) is 3.11. The summed E-state index contributed by atoms with van der Waals surface area (Å²) in [5, 5.41) is 1.05. The Kier molecular flexibility index (Phi) is 4.37. The Balaban J connectivity index is 1.90. The minimum atomic E-state index is -0.548. The van der Waals surface area contributed by atoms with E-state index < -0.39 is 6.03 Å². The van der Waals surface area contributed by atoms with Crippen LogP contribution in [0.1, 0.15) is 30.1 Å². The highest BCUT2D eigenvalue weighted by Gasteiger charge is 2.29. The molecule has 0 unspecified atom stereocenters. The fraction of sp³-hybridized carbons (Fsp3) is 0.267. The molecule has 5 N–H and O–H groups in total. The lowest BCUT2D eigenvalue weighted by molar-refractivity contribution is 0.246. The third-order valence-electron chi connectivity index (χ3n) is 3.58. The van der Waals surface area contributed by atoms with E-state index in [4.69, 9.17) is 16.1 Å². The van der Waals surface area contributed by atoms with Crippen molar-refractivity contribution in [1.29, 1.82) is 0 Å². The van der Waals surface area contributed by atoms with Crippen molar-refractivity contribution in [3.8, 4) is 0 Å². The van der Waals surface area contributed by atoms with Crippen molar-refractivity contribution >= 4 is 23.5 Å². The van der Waals surface area contributed by atoms with Gasteiger partial charge in [0.05, 0.1) is 17.7 Å². The Morgan fingerprint density at radius 2 is 2.18 bits per heavy atom. The molecule has 7 heteroatoms. The van der Waals surface area contributed by atoms with E-state index in [-0.39, 0.29) is 0 Å². The highest BCUT2D eigenvalue weighted by molar-refractivity contribution is 7.98. The summed E-state index contributed by atoms with van der Waals surface area (Å²) in [6.07, 6.45) is 4.00. The van der Waals surface area contributed by atoms with Crippen LogP contribution >= 0.6 is 11.8 Å². The summed E-state index contributed by atoms with van der Waals surface area (Å²) in [4.78, 5) is 12.7. The SMILES string of the molecule is NNC(=O)N(N)c1cccc(C2CC2)c1SCc1ccco1. The van der Waals surface area contributed by atoms with E-state index in [2.05, 4.69) is 11.5 Å². The number of carbonyl (C=O) groups excluding carboxylic acids is 1. The number of nitrogens with one attached hydrogen (secondary N) is 1. The molecular formula is C15H18N4O2S. The minimum absolute atomic E-state index is 0.548. The zero-order valence-corrected chi connectivity index (χ0v) is 12.8. The second-order valence-electron chi connectivity index (χ2n) is 5.16. The maximum Gasteiger partial charge on any atom is 0.350 e. The molecule has 1 heterocycles. The fourth-order valence-corrected chi connectivity index (χ4v) is 3.49. The molecule has 6 nitrogen and oxygen atoms in total. The topological polar surface area (TPSA) is 97.5 Å². The van der Waals surface area contributed by atoms with Gasteiger partial charge in [0.15, 0.2) is 0 Å². The summed E-state index contributed by atoms with van der Waals surface area (Å²) in [7, 11) is 0. The summed E-state index contributed by atoms with van der Waals surface area (Å²) in [6, 6.07) is 9.09. The monoisotopic (exact) mass is 318 g/mol. The summed E-state index contributed by atoms with van der Waals surface area (Å²) in [6.45, 7) is 0. The molecule has 3 rings (SSSR count). The molecule has 2 amide bonds. The van der Waals surface area contributed by atoms with E-state index in [0.29, 0.717) is 17.4 Å². The molecule has 0 spiro atoms. The largest absolute Gasteiger partial charge is 0.468 e. The lowest BCUT2D eigenvalue weighted by atomic mass is 10.1. The molecule has 1 aliphatic carbocycles. The molecule has 0 atom stereocenters. The number of hydrazine groups is 2. The number of furan rings is 1. The van der Waals surface area contributed by atoms with Crippen LogP contribution < -0.4 is 22.1 Å². The molecule has 1 aromatic carbocycles. The van der Waals surface area contributed by atoms with Crippen LogP contribution in [0.15, 0.2) is 45.9 Å². The van der Waals surface area contributed by atoms with Crippen molar-refractivity contribution in [2.75, 3.05) is 5.01 Å². The van der Waals surface area contributed by atoms with Crippen molar-refractivity contribution in [1.82, 2.24) is 5.43 Å². The van der Waals surface area contributed by atoms with Crippen LogP contribution in [-0.2, 0) is 5.75 Å². The number of anilines is 1. The van der Waals surface area contributed by atoms with Gasteiger partial charge in [-0.1, -0.05) is 12.1 Å². The normalized spacial score (nSPS) is 13.9. The summed E-state index contributed by atoms with van der Waals surface area (Å²) in [5.74, 6) is 13.2. The second kappa shape index (κ2) is 6.43. The summed E-state index contributed by atoms with van der Waals surface area (Å²) >= 11 is 1.62. The number of urea groups is 1. The molecular weight excluding hydrogens is 300 g/mol. The van der Waals surface area contributed by atoms with Crippen LogP contribution in [0.4, 0.5) is 10.5 Å². The maximum atomic E-state index is 11.7. The zero-order chi connectivity index (χ0) is 15.5. The number of benzene rings is 1. The standard InChI is InChI=1S/C15H18N4O2S/c16-18-15(20)19(17)13-5-1-4-12(10-6-7-10)14(13)22-9-11-3-2-8-21-11/h1-5,8,10H,6-7,9,16-17H2,(H,18,20).